The van der Waals surface area contributed by atoms with Crippen molar-refractivity contribution in [2.75, 3.05) is 0 Å². The topological polar surface area (TPSA) is 51.8 Å². The smallest absolute Gasteiger partial charge is 0.216 e. The Hall–Kier alpha value is -4.44. The van der Waals surface area contributed by atoms with Crippen molar-refractivity contribution in [2.45, 2.75) is 26.7 Å². The third kappa shape index (κ3) is 6.23. The molecular weight excluding hydrogens is 695 g/mol. The summed E-state index contributed by atoms with van der Waals surface area (Å²) >= 11 is 0. The largest absolute Gasteiger partial charge is 0.486 e. The van der Waals surface area contributed by atoms with Crippen molar-refractivity contribution in [2.24, 2.45) is 0 Å². The molecule has 4 nitrogen and oxygen atoms in total. The first kappa shape index (κ1) is 29.1. The Bertz CT molecular complexity index is 1890. The number of aromatic nitrogens is 3. The molecule has 0 aliphatic heterocycles. The summed E-state index contributed by atoms with van der Waals surface area (Å²) < 4.78 is 6.13. The fraction of sp³-hybridized carbons (Fsp3) is 0.108. The second kappa shape index (κ2) is 13.0. The standard InChI is InChI=1S/C26H21N2O.C11H8N.Ir/c1-16(2)18-6-4-7-19(14-18)20-12-13-27-24(15-20)23-9-5-8-21-22-11-10-17(3)28-26(22)29-25(21)23;1-2-6-10(7-3-1)11-8-4-5-9-12-11;/h4-8,10-16H,1-3H3;1-6,8-9H;/q2*-1;. The van der Waals surface area contributed by atoms with Crippen LogP contribution in [-0.2, 0) is 20.1 Å². The molecule has 0 aliphatic carbocycles. The summed E-state index contributed by atoms with van der Waals surface area (Å²) in [4.78, 5) is 13.4. The number of hydrogen-bond acceptors (Lipinski definition) is 4. The van der Waals surface area contributed by atoms with Gasteiger partial charge in [-0.3, -0.25) is 0 Å². The first-order valence-electron chi connectivity index (χ1n) is 13.7. The summed E-state index contributed by atoms with van der Waals surface area (Å²) in [6.07, 6.45) is 3.64. The minimum Gasteiger partial charge on any atom is -0.486 e. The number of furan rings is 1. The average molecular weight is 724 g/mol. The number of fused-ring (bicyclic) bond motifs is 3. The quantitative estimate of drug-likeness (QED) is 0.170. The molecule has 4 heterocycles. The van der Waals surface area contributed by atoms with Gasteiger partial charge >= 0.3 is 0 Å². The first-order chi connectivity index (χ1) is 20.1. The van der Waals surface area contributed by atoms with E-state index < -0.39 is 0 Å². The van der Waals surface area contributed by atoms with Gasteiger partial charge in [0, 0.05) is 43.6 Å². The van der Waals surface area contributed by atoms with Gasteiger partial charge in [0.25, 0.3) is 0 Å². The molecule has 0 saturated carbocycles. The second-order valence-corrected chi connectivity index (χ2v) is 10.2. The SMILES string of the molecule is Cc1ccc2c(n1)oc1c(-c3cc(-c4cccc(C(C)C)c4)ccn3)[c-]ccc12.[Ir].[c-]1ccccc1-c1ccccn1. The van der Waals surface area contributed by atoms with Gasteiger partial charge in [0.05, 0.1) is 5.58 Å². The van der Waals surface area contributed by atoms with E-state index in [0.717, 1.165) is 50.1 Å². The van der Waals surface area contributed by atoms with Gasteiger partial charge < -0.3 is 14.4 Å². The Morgan fingerprint density at radius 1 is 0.690 bits per heavy atom. The molecule has 0 aliphatic rings. The van der Waals surface area contributed by atoms with Crippen molar-refractivity contribution in [1.29, 1.82) is 0 Å². The molecule has 0 spiro atoms. The van der Waals surface area contributed by atoms with E-state index in [0.29, 0.717) is 11.6 Å². The summed E-state index contributed by atoms with van der Waals surface area (Å²) in [5.41, 5.74) is 9.74. The van der Waals surface area contributed by atoms with Crippen LogP contribution >= 0.6 is 0 Å². The van der Waals surface area contributed by atoms with Crippen LogP contribution in [-0.4, -0.2) is 15.0 Å². The minimum atomic E-state index is 0. The molecule has 0 amide bonds. The van der Waals surface area contributed by atoms with Crippen LogP contribution in [0.1, 0.15) is 31.0 Å². The molecule has 0 saturated heterocycles. The van der Waals surface area contributed by atoms with E-state index in [2.05, 4.69) is 77.3 Å². The van der Waals surface area contributed by atoms with Gasteiger partial charge in [-0.1, -0.05) is 67.3 Å². The number of nitrogens with zero attached hydrogens (tertiary/aromatic N) is 3. The molecule has 0 atom stereocenters. The maximum Gasteiger partial charge on any atom is 0.216 e. The van der Waals surface area contributed by atoms with E-state index in [1.54, 1.807) is 6.20 Å². The molecule has 0 bridgehead atoms. The number of rotatable bonds is 4. The normalized spacial score (nSPS) is 10.8. The van der Waals surface area contributed by atoms with Crippen LogP contribution in [0.15, 0.2) is 120 Å². The van der Waals surface area contributed by atoms with Gasteiger partial charge in [-0.25, -0.2) is 4.98 Å². The Balaban J connectivity index is 0.000000228. The zero-order chi connectivity index (χ0) is 28.2. The van der Waals surface area contributed by atoms with Gasteiger partial charge in [0.2, 0.25) is 5.71 Å². The molecule has 0 fully saturated rings. The van der Waals surface area contributed by atoms with Gasteiger partial charge in [0.15, 0.2) is 0 Å². The predicted octanol–water partition coefficient (Wildman–Crippen LogP) is 9.49. The van der Waals surface area contributed by atoms with E-state index in [1.807, 2.05) is 79.9 Å². The average Bonchev–Trinajstić information content (AvgIpc) is 3.40. The van der Waals surface area contributed by atoms with Crippen LogP contribution in [0.4, 0.5) is 0 Å². The monoisotopic (exact) mass is 724 g/mol. The van der Waals surface area contributed by atoms with Gasteiger partial charge in [0.1, 0.15) is 0 Å². The summed E-state index contributed by atoms with van der Waals surface area (Å²) in [5, 5.41) is 2.05. The van der Waals surface area contributed by atoms with Gasteiger partial charge in [-0.05, 0) is 65.2 Å². The summed E-state index contributed by atoms with van der Waals surface area (Å²) in [6, 6.07) is 41.0. The van der Waals surface area contributed by atoms with Crippen molar-refractivity contribution in [3.05, 3.63) is 139 Å². The summed E-state index contributed by atoms with van der Waals surface area (Å²) in [7, 11) is 0. The van der Waals surface area contributed by atoms with E-state index >= 15 is 0 Å². The molecule has 0 N–H and O–H groups in total. The van der Waals surface area contributed by atoms with Crippen LogP contribution in [0.5, 0.6) is 0 Å². The molecule has 3 aromatic carbocycles. The van der Waals surface area contributed by atoms with Crippen LogP contribution in [0.25, 0.3) is 55.7 Å². The molecule has 5 heteroatoms. The molecule has 0 unspecified atom stereocenters. The zero-order valence-corrected chi connectivity index (χ0v) is 26.0. The Labute approximate surface area is 259 Å². The molecular formula is C37H29IrN3O-2. The molecule has 1 radical (unpaired) electrons. The van der Waals surface area contributed by atoms with Crippen LogP contribution in [0.2, 0.25) is 0 Å². The van der Waals surface area contributed by atoms with Gasteiger partial charge in [-0.2, -0.15) is 0 Å². The molecule has 4 aromatic heterocycles. The summed E-state index contributed by atoms with van der Waals surface area (Å²) in [6.45, 7) is 6.39. The van der Waals surface area contributed by atoms with Gasteiger partial charge in [-0.15, -0.1) is 54.1 Å². The van der Waals surface area contributed by atoms with Crippen molar-refractivity contribution in [3.63, 3.8) is 0 Å². The fourth-order valence-corrected chi connectivity index (χ4v) is 4.80. The third-order valence-corrected chi connectivity index (χ3v) is 6.99. The first-order valence-corrected chi connectivity index (χ1v) is 13.7. The minimum absolute atomic E-state index is 0. The fourth-order valence-electron chi connectivity index (χ4n) is 4.80. The molecule has 209 valence electrons. The Morgan fingerprint density at radius 2 is 1.52 bits per heavy atom. The second-order valence-electron chi connectivity index (χ2n) is 10.2. The Kier molecular flexibility index (Phi) is 9.02. The van der Waals surface area contributed by atoms with Crippen molar-refractivity contribution in [1.82, 2.24) is 15.0 Å². The van der Waals surface area contributed by atoms with Crippen molar-refractivity contribution in [3.8, 4) is 33.6 Å². The van der Waals surface area contributed by atoms with E-state index in [1.165, 1.54) is 11.1 Å². The molecule has 7 aromatic rings. The van der Waals surface area contributed by atoms with Crippen molar-refractivity contribution >= 4 is 22.1 Å². The number of hydrogen-bond donors (Lipinski definition) is 0. The van der Waals surface area contributed by atoms with Crippen LogP contribution in [0.3, 0.4) is 0 Å². The van der Waals surface area contributed by atoms with Crippen LogP contribution in [0, 0.1) is 19.1 Å². The number of benzene rings is 3. The maximum atomic E-state index is 6.13. The summed E-state index contributed by atoms with van der Waals surface area (Å²) in [5.74, 6) is 0.491. The van der Waals surface area contributed by atoms with E-state index in [9.17, 15) is 0 Å². The molecule has 42 heavy (non-hydrogen) atoms. The maximum absolute atomic E-state index is 6.13. The number of pyridine rings is 3. The Morgan fingerprint density at radius 3 is 2.31 bits per heavy atom. The van der Waals surface area contributed by atoms with Crippen molar-refractivity contribution < 1.29 is 24.5 Å². The number of aryl methyl sites for hydroxylation is 1. The molecule has 7 rings (SSSR count). The third-order valence-electron chi connectivity index (χ3n) is 6.99. The van der Waals surface area contributed by atoms with E-state index in [-0.39, 0.29) is 20.1 Å². The zero-order valence-electron chi connectivity index (χ0n) is 23.6. The van der Waals surface area contributed by atoms with E-state index in [4.69, 9.17) is 4.42 Å². The van der Waals surface area contributed by atoms with Crippen LogP contribution < -0.4 is 0 Å². The predicted molar refractivity (Wildman–Crippen MR) is 166 cm³/mol.